The van der Waals surface area contributed by atoms with Crippen LogP contribution in [0.2, 0.25) is 0 Å². The Balaban J connectivity index is 2.12. The highest BCUT2D eigenvalue weighted by Crippen LogP contribution is 2.12. The van der Waals surface area contributed by atoms with E-state index in [4.69, 9.17) is 4.52 Å². The summed E-state index contributed by atoms with van der Waals surface area (Å²) >= 11 is 0. The monoisotopic (exact) mass is 233 g/mol. The van der Waals surface area contributed by atoms with Crippen molar-refractivity contribution in [1.82, 2.24) is 25.4 Å². The highest BCUT2D eigenvalue weighted by atomic mass is 16.5. The van der Waals surface area contributed by atoms with Gasteiger partial charge in [0.1, 0.15) is 11.5 Å². The molecule has 0 saturated heterocycles. The van der Waals surface area contributed by atoms with Gasteiger partial charge in [-0.2, -0.15) is 4.98 Å². The molecule has 1 N–H and O–H groups in total. The molecule has 6 nitrogen and oxygen atoms in total. The molecule has 2 heterocycles. The third kappa shape index (κ3) is 3.07. The number of nitrogens with one attached hydrogen (secondary N) is 1. The lowest BCUT2D eigenvalue weighted by atomic mass is 10.4. The van der Waals surface area contributed by atoms with Crippen LogP contribution in [0.3, 0.4) is 0 Å². The summed E-state index contributed by atoms with van der Waals surface area (Å²) in [4.78, 5) is 12.5. The van der Waals surface area contributed by atoms with Gasteiger partial charge in [-0.15, -0.1) is 0 Å². The molecule has 0 spiro atoms. The lowest BCUT2D eigenvalue weighted by Crippen LogP contribution is -2.21. The molecule has 0 amide bonds. The summed E-state index contributed by atoms with van der Waals surface area (Å²) in [7, 11) is 0. The SMILES string of the molecule is Cc1nccc(-c2noc(CNC(C)C)n2)n1. The molecule has 0 aliphatic rings. The van der Waals surface area contributed by atoms with Crippen LogP contribution in [0.4, 0.5) is 0 Å². The van der Waals surface area contributed by atoms with Gasteiger partial charge in [-0.1, -0.05) is 19.0 Å². The summed E-state index contributed by atoms with van der Waals surface area (Å²) < 4.78 is 5.13. The third-order valence-electron chi connectivity index (χ3n) is 2.13. The second-order valence-electron chi connectivity index (χ2n) is 4.04. The molecule has 0 radical (unpaired) electrons. The second kappa shape index (κ2) is 5.01. The van der Waals surface area contributed by atoms with Crippen molar-refractivity contribution in [1.29, 1.82) is 0 Å². The average Bonchev–Trinajstić information content (AvgIpc) is 2.75. The Hall–Kier alpha value is -1.82. The normalized spacial score (nSPS) is 11.1. The Kier molecular flexibility index (Phi) is 3.43. The fourth-order valence-electron chi connectivity index (χ4n) is 1.30. The van der Waals surface area contributed by atoms with Crippen LogP contribution in [0.25, 0.3) is 11.5 Å². The molecule has 90 valence electrons. The van der Waals surface area contributed by atoms with E-state index in [1.807, 2.05) is 6.92 Å². The zero-order chi connectivity index (χ0) is 12.3. The van der Waals surface area contributed by atoms with E-state index in [2.05, 4.69) is 39.3 Å². The molecular formula is C11H15N5O. The first-order valence-corrected chi connectivity index (χ1v) is 5.51. The molecule has 2 rings (SSSR count). The van der Waals surface area contributed by atoms with Crippen LogP contribution in [0.1, 0.15) is 25.6 Å². The van der Waals surface area contributed by atoms with Crippen molar-refractivity contribution in [3.63, 3.8) is 0 Å². The summed E-state index contributed by atoms with van der Waals surface area (Å²) in [5.74, 6) is 1.75. The molecule has 0 atom stereocenters. The molecule has 0 bridgehead atoms. The largest absolute Gasteiger partial charge is 0.337 e. The molecule has 0 aromatic carbocycles. The van der Waals surface area contributed by atoms with Gasteiger partial charge < -0.3 is 9.84 Å². The van der Waals surface area contributed by atoms with Crippen LogP contribution in [-0.2, 0) is 6.54 Å². The first-order valence-electron chi connectivity index (χ1n) is 5.51. The number of hydrogen-bond acceptors (Lipinski definition) is 6. The van der Waals surface area contributed by atoms with E-state index in [0.29, 0.717) is 35.8 Å². The molecule has 0 unspecified atom stereocenters. The van der Waals surface area contributed by atoms with Crippen LogP contribution < -0.4 is 5.32 Å². The minimum Gasteiger partial charge on any atom is -0.337 e. The lowest BCUT2D eigenvalue weighted by molar-refractivity contribution is 0.362. The van der Waals surface area contributed by atoms with Crippen LogP contribution in [0.5, 0.6) is 0 Å². The summed E-state index contributed by atoms with van der Waals surface area (Å²) in [6, 6.07) is 2.14. The summed E-state index contributed by atoms with van der Waals surface area (Å²) in [5, 5.41) is 7.10. The van der Waals surface area contributed by atoms with Crippen molar-refractivity contribution in [3.05, 3.63) is 24.0 Å². The Morgan fingerprint density at radius 2 is 2.18 bits per heavy atom. The zero-order valence-electron chi connectivity index (χ0n) is 10.1. The first kappa shape index (κ1) is 11.7. The molecule has 0 fully saturated rings. The molecule has 6 heteroatoms. The van der Waals surface area contributed by atoms with E-state index in [1.54, 1.807) is 12.3 Å². The van der Waals surface area contributed by atoms with Crippen molar-refractivity contribution in [2.45, 2.75) is 33.4 Å². The number of aryl methyl sites for hydroxylation is 1. The second-order valence-corrected chi connectivity index (χ2v) is 4.04. The first-order chi connectivity index (χ1) is 8.15. The minimum absolute atomic E-state index is 0.381. The highest BCUT2D eigenvalue weighted by Gasteiger charge is 2.10. The van der Waals surface area contributed by atoms with Crippen LogP contribution in [0, 0.1) is 6.92 Å². The van der Waals surface area contributed by atoms with E-state index in [-0.39, 0.29) is 0 Å². The van der Waals surface area contributed by atoms with E-state index in [0.717, 1.165) is 0 Å². The van der Waals surface area contributed by atoms with E-state index in [1.165, 1.54) is 0 Å². The standard InChI is InChI=1S/C11H15N5O/c1-7(2)13-6-10-15-11(16-17-10)9-4-5-12-8(3)14-9/h4-5,7,13H,6H2,1-3H3. The maximum atomic E-state index is 5.13. The molecule has 0 aliphatic carbocycles. The fraction of sp³-hybridized carbons (Fsp3) is 0.455. The maximum absolute atomic E-state index is 5.13. The Morgan fingerprint density at radius 3 is 2.88 bits per heavy atom. The zero-order valence-corrected chi connectivity index (χ0v) is 10.1. The van der Waals surface area contributed by atoms with Gasteiger partial charge in [-0.25, -0.2) is 9.97 Å². The topological polar surface area (TPSA) is 76.7 Å². The molecule has 0 aliphatic heterocycles. The van der Waals surface area contributed by atoms with Crippen molar-refractivity contribution >= 4 is 0 Å². The summed E-state index contributed by atoms with van der Waals surface area (Å²) in [5.41, 5.74) is 0.678. The van der Waals surface area contributed by atoms with Gasteiger partial charge in [0, 0.05) is 12.2 Å². The van der Waals surface area contributed by atoms with E-state index < -0.39 is 0 Å². The number of nitrogens with zero attached hydrogens (tertiary/aromatic N) is 4. The van der Waals surface area contributed by atoms with Gasteiger partial charge in [0.15, 0.2) is 0 Å². The molecular weight excluding hydrogens is 218 g/mol. The van der Waals surface area contributed by atoms with Gasteiger partial charge in [0.25, 0.3) is 0 Å². The number of hydrogen-bond donors (Lipinski definition) is 1. The predicted octanol–water partition coefficient (Wildman–Crippen LogP) is 1.33. The van der Waals surface area contributed by atoms with E-state index >= 15 is 0 Å². The van der Waals surface area contributed by atoms with Gasteiger partial charge in [0.05, 0.1) is 6.54 Å². The highest BCUT2D eigenvalue weighted by molar-refractivity contribution is 5.46. The quantitative estimate of drug-likeness (QED) is 0.858. The number of rotatable bonds is 4. The molecule has 17 heavy (non-hydrogen) atoms. The van der Waals surface area contributed by atoms with Crippen molar-refractivity contribution in [3.8, 4) is 11.5 Å². The smallest absolute Gasteiger partial charge is 0.240 e. The van der Waals surface area contributed by atoms with Crippen LogP contribution in [0.15, 0.2) is 16.8 Å². The predicted molar refractivity (Wildman–Crippen MR) is 62.0 cm³/mol. The Morgan fingerprint density at radius 1 is 1.35 bits per heavy atom. The minimum atomic E-state index is 0.381. The number of aromatic nitrogens is 4. The van der Waals surface area contributed by atoms with Crippen molar-refractivity contribution in [2.75, 3.05) is 0 Å². The summed E-state index contributed by atoms with van der Waals surface area (Å²) in [6.45, 7) is 6.51. The van der Waals surface area contributed by atoms with Gasteiger partial charge in [0.2, 0.25) is 11.7 Å². The van der Waals surface area contributed by atoms with Gasteiger partial charge in [-0.05, 0) is 13.0 Å². The van der Waals surface area contributed by atoms with Crippen LogP contribution in [-0.4, -0.2) is 26.2 Å². The van der Waals surface area contributed by atoms with Gasteiger partial charge >= 0.3 is 0 Å². The molecule has 2 aromatic rings. The summed E-state index contributed by atoms with van der Waals surface area (Å²) in [6.07, 6.45) is 1.68. The molecule has 2 aromatic heterocycles. The third-order valence-corrected chi connectivity index (χ3v) is 2.13. The van der Waals surface area contributed by atoms with E-state index in [9.17, 15) is 0 Å². The molecule has 0 saturated carbocycles. The Bertz CT molecular complexity index is 494. The lowest BCUT2D eigenvalue weighted by Gasteiger charge is -2.02. The van der Waals surface area contributed by atoms with Crippen molar-refractivity contribution < 1.29 is 4.52 Å². The van der Waals surface area contributed by atoms with Crippen LogP contribution >= 0.6 is 0 Å². The van der Waals surface area contributed by atoms with Crippen molar-refractivity contribution in [2.24, 2.45) is 0 Å². The fourth-order valence-corrected chi connectivity index (χ4v) is 1.30. The van der Waals surface area contributed by atoms with Gasteiger partial charge in [-0.3, -0.25) is 0 Å². The Labute approximate surface area is 99.5 Å². The average molecular weight is 233 g/mol. The maximum Gasteiger partial charge on any atom is 0.240 e.